The molecular weight excluding hydrogens is 204 g/mol. The Morgan fingerprint density at radius 2 is 2.07 bits per heavy atom. The van der Waals surface area contributed by atoms with Gasteiger partial charge in [-0.15, -0.1) is 0 Å². The van der Waals surface area contributed by atoms with Crippen molar-refractivity contribution in [2.24, 2.45) is 0 Å². The summed E-state index contributed by atoms with van der Waals surface area (Å²) in [6, 6.07) is 4.91. The molecule has 0 heterocycles. The van der Waals surface area contributed by atoms with Gasteiger partial charge < -0.3 is 15.3 Å². The molecule has 0 radical (unpaired) electrons. The molecule has 0 aliphatic rings. The number of phenols is 1. The first-order valence-electron chi connectivity index (χ1n) is 4.40. The number of aliphatic hydroxyl groups excluding tert-OH is 2. The lowest BCUT2D eigenvalue weighted by atomic mass is 10.1. The summed E-state index contributed by atoms with van der Waals surface area (Å²) < 4.78 is 0. The SMILES string of the molecule is OCC(O)CCc1ccc(O)c(Cl)c1. The molecule has 0 bridgehead atoms. The Balaban J connectivity index is 2.55. The Morgan fingerprint density at radius 3 is 2.64 bits per heavy atom. The number of rotatable bonds is 4. The van der Waals surface area contributed by atoms with Crippen LogP contribution in [0.4, 0.5) is 0 Å². The first kappa shape index (κ1) is 11.3. The van der Waals surface area contributed by atoms with Crippen molar-refractivity contribution in [1.82, 2.24) is 0 Å². The van der Waals surface area contributed by atoms with Crippen LogP contribution < -0.4 is 0 Å². The normalized spacial score (nSPS) is 12.8. The van der Waals surface area contributed by atoms with Gasteiger partial charge in [-0.05, 0) is 30.5 Å². The molecule has 0 aromatic heterocycles. The van der Waals surface area contributed by atoms with Crippen molar-refractivity contribution in [1.29, 1.82) is 0 Å². The molecule has 0 spiro atoms. The van der Waals surface area contributed by atoms with E-state index in [1.807, 2.05) is 0 Å². The molecule has 1 atom stereocenters. The first-order valence-corrected chi connectivity index (χ1v) is 4.77. The summed E-state index contributed by atoms with van der Waals surface area (Å²) in [5, 5.41) is 27.2. The van der Waals surface area contributed by atoms with Crippen molar-refractivity contribution < 1.29 is 15.3 Å². The molecule has 78 valence electrons. The molecule has 0 amide bonds. The third-order valence-electron chi connectivity index (χ3n) is 1.99. The lowest BCUT2D eigenvalue weighted by molar-refractivity contribution is 0.0886. The molecule has 4 heteroatoms. The van der Waals surface area contributed by atoms with Gasteiger partial charge in [-0.3, -0.25) is 0 Å². The smallest absolute Gasteiger partial charge is 0.134 e. The summed E-state index contributed by atoms with van der Waals surface area (Å²) in [6.07, 6.45) is 0.418. The Hall–Kier alpha value is -0.770. The van der Waals surface area contributed by atoms with Gasteiger partial charge in [-0.2, -0.15) is 0 Å². The van der Waals surface area contributed by atoms with E-state index in [4.69, 9.17) is 26.9 Å². The van der Waals surface area contributed by atoms with Crippen molar-refractivity contribution in [3.05, 3.63) is 28.8 Å². The van der Waals surface area contributed by atoms with Crippen LogP contribution in [0.25, 0.3) is 0 Å². The average Bonchev–Trinajstić information content (AvgIpc) is 2.19. The van der Waals surface area contributed by atoms with Gasteiger partial charge in [-0.1, -0.05) is 17.7 Å². The number of hydrogen-bond donors (Lipinski definition) is 3. The number of hydrogen-bond acceptors (Lipinski definition) is 3. The highest BCUT2D eigenvalue weighted by molar-refractivity contribution is 6.32. The van der Waals surface area contributed by atoms with Crippen LogP contribution in [0.1, 0.15) is 12.0 Å². The Bertz CT molecular complexity index is 301. The fraction of sp³-hybridized carbons (Fsp3) is 0.400. The van der Waals surface area contributed by atoms with Crippen LogP contribution in [0.15, 0.2) is 18.2 Å². The third kappa shape index (κ3) is 3.18. The molecule has 0 saturated carbocycles. The standard InChI is InChI=1S/C10H13ClO3/c11-9-5-7(2-4-10(9)14)1-3-8(13)6-12/h2,4-5,8,12-14H,1,3,6H2. The Morgan fingerprint density at radius 1 is 1.36 bits per heavy atom. The number of aryl methyl sites for hydroxylation is 1. The van der Waals surface area contributed by atoms with E-state index >= 15 is 0 Å². The van der Waals surface area contributed by atoms with Crippen LogP contribution in [0.3, 0.4) is 0 Å². The van der Waals surface area contributed by atoms with Gasteiger partial charge in [0.1, 0.15) is 5.75 Å². The van der Waals surface area contributed by atoms with Gasteiger partial charge in [-0.25, -0.2) is 0 Å². The third-order valence-corrected chi connectivity index (χ3v) is 2.29. The van der Waals surface area contributed by atoms with E-state index < -0.39 is 6.10 Å². The minimum absolute atomic E-state index is 0.0538. The largest absolute Gasteiger partial charge is 0.506 e. The molecule has 1 unspecified atom stereocenters. The average molecular weight is 217 g/mol. The van der Waals surface area contributed by atoms with Crippen LogP contribution >= 0.6 is 11.6 Å². The van der Waals surface area contributed by atoms with E-state index in [1.165, 1.54) is 6.07 Å². The lowest BCUT2D eigenvalue weighted by Gasteiger charge is -2.07. The molecular formula is C10H13ClO3. The maximum atomic E-state index is 9.15. The summed E-state index contributed by atoms with van der Waals surface area (Å²) in [5.41, 5.74) is 0.931. The van der Waals surface area contributed by atoms with Gasteiger partial charge in [0.2, 0.25) is 0 Å². The predicted octanol–water partition coefficient (Wildman–Crippen LogP) is 1.33. The Labute approximate surface area is 87.6 Å². The van der Waals surface area contributed by atoms with Crippen molar-refractivity contribution in [2.75, 3.05) is 6.61 Å². The summed E-state index contributed by atoms with van der Waals surface area (Å²) in [5.74, 6) is 0.0538. The van der Waals surface area contributed by atoms with E-state index in [-0.39, 0.29) is 12.4 Å². The predicted molar refractivity (Wildman–Crippen MR) is 54.5 cm³/mol. The van der Waals surface area contributed by atoms with E-state index in [0.29, 0.717) is 17.9 Å². The minimum Gasteiger partial charge on any atom is -0.506 e. The van der Waals surface area contributed by atoms with Crippen LogP contribution in [0.2, 0.25) is 5.02 Å². The summed E-state index contributed by atoms with van der Waals surface area (Å²) in [6.45, 7) is -0.230. The van der Waals surface area contributed by atoms with E-state index in [0.717, 1.165) is 5.56 Å². The second-order valence-electron chi connectivity index (χ2n) is 3.16. The molecule has 1 aromatic rings. The second kappa shape index (κ2) is 5.20. The Kier molecular flexibility index (Phi) is 4.20. The maximum Gasteiger partial charge on any atom is 0.134 e. The van der Waals surface area contributed by atoms with Gasteiger partial charge >= 0.3 is 0 Å². The van der Waals surface area contributed by atoms with Crippen molar-refractivity contribution in [2.45, 2.75) is 18.9 Å². The molecule has 0 aliphatic carbocycles. The lowest BCUT2D eigenvalue weighted by Crippen LogP contribution is -2.12. The zero-order valence-corrected chi connectivity index (χ0v) is 8.41. The quantitative estimate of drug-likeness (QED) is 0.712. The second-order valence-corrected chi connectivity index (χ2v) is 3.57. The van der Waals surface area contributed by atoms with Crippen molar-refractivity contribution in [3.63, 3.8) is 0 Å². The fourth-order valence-electron chi connectivity index (χ4n) is 1.13. The highest BCUT2D eigenvalue weighted by atomic mass is 35.5. The molecule has 1 rings (SSSR count). The van der Waals surface area contributed by atoms with Crippen LogP contribution in [0.5, 0.6) is 5.75 Å². The van der Waals surface area contributed by atoms with E-state index in [9.17, 15) is 0 Å². The minimum atomic E-state index is -0.692. The number of aliphatic hydroxyl groups is 2. The van der Waals surface area contributed by atoms with Gasteiger partial charge in [0.05, 0.1) is 17.7 Å². The number of benzene rings is 1. The van der Waals surface area contributed by atoms with Crippen molar-refractivity contribution >= 4 is 11.6 Å². The number of aromatic hydroxyl groups is 1. The van der Waals surface area contributed by atoms with Crippen molar-refractivity contribution in [3.8, 4) is 5.75 Å². The maximum absolute atomic E-state index is 9.15. The molecule has 0 saturated heterocycles. The van der Waals surface area contributed by atoms with Crippen LogP contribution in [-0.2, 0) is 6.42 Å². The molecule has 14 heavy (non-hydrogen) atoms. The van der Waals surface area contributed by atoms with Gasteiger partial charge in [0, 0.05) is 0 Å². The van der Waals surface area contributed by atoms with Crippen LogP contribution in [-0.4, -0.2) is 28.0 Å². The fourth-order valence-corrected chi connectivity index (χ4v) is 1.33. The molecule has 3 N–H and O–H groups in total. The van der Waals surface area contributed by atoms with E-state index in [2.05, 4.69) is 0 Å². The summed E-state index contributed by atoms with van der Waals surface area (Å²) in [7, 11) is 0. The monoisotopic (exact) mass is 216 g/mol. The first-order chi connectivity index (χ1) is 6.63. The number of phenolic OH excluding ortho intramolecular Hbond substituents is 1. The summed E-state index contributed by atoms with van der Waals surface area (Å²) in [4.78, 5) is 0. The molecule has 3 nitrogen and oxygen atoms in total. The van der Waals surface area contributed by atoms with Crippen LogP contribution in [0, 0.1) is 0 Å². The molecule has 0 fully saturated rings. The highest BCUT2D eigenvalue weighted by Crippen LogP contribution is 2.24. The topological polar surface area (TPSA) is 60.7 Å². The van der Waals surface area contributed by atoms with E-state index in [1.54, 1.807) is 12.1 Å². The van der Waals surface area contributed by atoms with Gasteiger partial charge in [0.25, 0.3) is 0 Å². The van der Waals surface area contributed by atoms with Gasteiger partial charge in [0.15, 0.2) is 0 Å². The molecule has 0 aliphatic heterocycles. The summed E-state index contributed by atoms with van der Waals surface area (Å²) >= 11 is 5.70. The zero-order chi connectivity index (χ0) is 10.6. The molecule has 1 aromatic carbocycles. The number of halogens is 1. The zero-order valence-electron chi connectivity index (χ0n) is 7.65. The highest BCUT2D eigenvalue weighted by Gasteiger charge is 2.04.